The number of carbonyl (C=O) groups excluding carboxylic acids is 4. The molecule has 0 atom stereocenters. The number of anilines is 6. The molecule has 3 radical (unpaired) electrons. The fourth-order valence-corrected chi connectivity index (χ4v) is 10.3. The molecule has 0 unspecified atom stereocenters. The van der Waals surface area contributed by atoms with Crippen LogP contribution >= 0.6 is 34.0 Å². The van der Waals surface area contributed by atoms with Crippen molar-refractivity contribution in [2.24, 2.45) is 0 Å². The topological polar surface area (TPSA) is 283 Å². The van der Waals surface area contributed by atoms with Crippen molar-refractivity contribution in [2.75, 3.05) is 66.8 Å². The molecule has 0 aliphatic heterocycles. The molecular formula is C55H45BF9N6O14S3. The number of hydrogen-bond acceptors (Lipinski definition) is 18. The summed E-state index contributed by atoms with van der Waals surface area (Å²) in [6, 6.07) is 16.9. The van der Waals surface area contributed by atoms with Crippen LogP contribution in [0.2, 0.25) is 0 Å². The van der Waals surface area contributed by atoms with Gasteiger partial charge in [0.1, 0.15) is 26.7 Å². The number of nitrogens with one attached hydrogen (secondary N) is 3. The Morgan fingerprint density at radius 3 is 1.20 bits per heavy atom. The number of rotatable bonds is 8. The minimum absolute atomic E-state index is 0. The van der Waals surface area contributed by atoms with Gasteiger partial charge in [-0.1, -0.05) is 0 Å². The number of aryl methyl sites for hydroxylation is 3. The van der Waals surface area contributed by atoms with E-state index in [9.17, 15) is 77.9 Å². The summed E-state index contributed by atoms with van der Waals surface area (Å²) in [7, 11) is 6.89. The number of methoxy groups -OCH3 is 2. The summed E-state index contributed by atoms with van der Waals surface area (Å²) in [5.41, 5.74) is 1.27. The molecule has 0 saturated heterocycles. The maximum absolute atomic E-state index is 13.0. The molecule has 3 aromatic carbocycles. The van der Waals surface area contributed by atoms with Crippen LogP contribution in [0.15, 0.2) is 119 Å². The summed E-state index contributed by atoms with van der Waals surface area (Å²) < 4.78 is 140. The summed E-state index contributed by atoms with van der Waals surface area (Å²) in [5.74, 6) is -2.98. The van der Waals surface area contributed by atoms with Crippen LogP contribution in [0, 0.1) is 20.8 Å². The molecule has 9 aromatic rings. The number of nitrogens with two attached hydrogens (primary N) is 1. The monoisotopic (exact) mass is 1290 g/mol. The van der Waals surface area contributed by atoms with E-state index in [2.05, 4.69) is 25.4 Å². The van der Waals surface area contributed by atoms with Crippen LogP contribution in [0.4, 0.5) is 81.2 Å². The van der Waals surface area contributed by atoms with Crippen LogP contribution < -0.4 is 48.4 Å². The lowest BCUT2D eigenvalue weighted by Crippen LogP contribution is -2.30. The standard InChI is InChI=1S/C19H15F3N2O5S.C18H13F3N2O5S.C10H9NO4S.C8H8F3N.B/c1-9-4-10(19(20,21)22)6-11(5-9)23-18(27)24(2)15-8-13-14(30-15)7-12(16(25)28-3)17(26)29-13;1-8-3-9(18(19,20)21)5-10(4-8)22-17(27)23(2)14-7-12-13(29-14)6-11(15(24)25)16(26)28-12;1-11-8-4-6-7(16-8)3-5(9(12)14-2)10(13)15-6;1-5-2-6(8(9,10)11)4-7(12)3-5;/h4-8H,1-3H3,(H,23,27);3-7H,1-2H3,(H,22,27)(H,24,25);3-4,11H,1-2H3;2-4H,12H2,1H3;. The van der Waals surface area contributed by atoms with E-state index >= 15 is 0 Å². The van der Waals surface area contributed by atoms with Crippen molar-refractivity contribution in [1.29, 1.82) is 0 Å². The number of benzene rings is 3. The van der Waals surface area contributed by atoms with E-state index in [4.69, 9.17) is 24.1 Å². The van der Waals surface area contributed by atoms with Gasteiger partial charge in [0, 0.05) is 64.8 Å². The molecule has 0 spiro atoms. The number of esters is 2. The third-order valence-corrected chi connectivity index (χ3v) is 14.9. The maximum atomic E-state index is 13.0. The molecule has 33 heteroatoms. The lowest BCUT2D eigenvalue weighted by Gasteiger charge is -2.17. The molecule has 4 amide bonds. The van der Waals surface area contributed by atoms with E-state index in [0.29, 0.717) is 41.7 Å². The number of ether oxygens (including phenoxy) is 2. The Kier molecular flexibility index (Phi) is 21.9. The van der Waals surface area contributed by atoms with Gasteiger partial charge >= 0.3 is 65.4 Å². The SMILES string of the molecule is CNc1cc2oc(=O)c(C(=O)OC)cc2s1.COC(=O)c1cc2sc(N(C)C(=O)Nc3cc(C)cc(C(F)(F)F)c3)cc2oc1=O.Cc1cc(N)cc(C(F)(F)F)c1.Cc1cc(NC(=O)N(C)c2cc3oc(=O)c(C(=O)O)cc3s2)cc(C(F)(F)F)c1.[B]. The second-order valence-corrected chi connectivity index (χ2v) is 21.3. The minimum atomic E-state index is -4.55. The molecule has 0 bridgehead atoms. The molecule has 0 aliphatic rings. The Hall–Kier alpha value is -9.63. The van der Waals surface area contributed by atoms with Crippen molar-refractivity contribution in [3.63, 3.8) is 0 Å². The molecule has 0 saturated carbocycles. The number of amides is 4. The van der Waals surface area contributed by atoms with Crippen molar-refractivity contribution in [1.82, 2.24) is 0 Å². The first-order chi connectivity index (χ1) is 40.5. The maximum Gasteiger partial charge on any atom is 0.416 e. The number of carboxylic acid groups (broad SMARTS) is 1. The zero-order valence-electron chi connectivity index (χ0n) is 46.6. The second-order valence-electron chi connectivity index (χ2n) is 18.1. The highest BCUT2D eigenvalue weighted by Gasteiger charge is 2.33. The molecule has 6 aromatic heterocycles. The Balaban J connectivity index is 0.000000226. The molecule has 0 fully saturated rings. The van der Waals surface area contributed by atoms with Gasteiger partial charge < -0.3 is 49.5 Å². The number of thiophene rings is 3. The highest BCUT2D eigenvalue weighted by atomic mass is 32.1. The van der Waals surface area contributed by atoms with E-state index in [1.807, 2.05) is 0 Å². The number of fused-ring (bicyclic) bond motifs is 3. The summed E-state index contributed by atoms with van der Waals surface area (Å²) >= 11 is 3.43. The highest BCUT2D eigenvalue weighted by molar-refractivity contribution is 7.23. The predicted molar refractivity (Wildman–Crippen MR) is 314 cm³/mol. The third-order valence-electron chi connectivity index (χ3n) is 11.5. The van der Waals surface area contributed by atoms with Crippen molar-refractivity contribution in [3.8, 4) is 0 Å². The number of nitrogens with zero attached hydrogens (tertiary/aromatic N) is 2. The lowest BCUT2D eigenvalue weighted by atomic mass is 10.1. The van der Waals surface area contributed by atoms with Gasteiger partial charge in [0.25, 0.3) is 0 Å². The van der Waals surface area contributed by atoms with Crippen molar-refractivity contribution in [3.05, 3.63) is 172 Å². The average molecular weight is 1290 g/mol. The Bertz CT molecular complexity index is 4290. The van der Waals surface area contributed by atoms with Crippen molar-refractivity contribution < 1.29 is 91.3 Å². The number of alkyl halides is 9. The number of hydrogen-bond donors (Lipinski definition) is 5. The fraction of sp³-hybridized carbons (Fsp3) is 0.200. The van der Waals surface area contributed by atoms with Crippen LogP contribution in [-0.4, -0.2) is 78.9 Å². The molecule has 20 nitrogen and oxygen atoms in total. The van der Waals surface area contributed by atoms with E-state index in [1.165, 1.54) is 88.9 Å². The third kappa shape index (κ3) is 17.3. The van der Waals surface area contributed by atoms with Gasteiger partial charge in [-0.25, -0.2) is 38.4 Å². The molecule has 6 N–H and O–H groups in total. The second kappa shape index (κ2) is 27.8. The summed E-state index contributed by atoms with van der Waals surface area (Å²) in [5, 5.41) is 18.2. The van der Waals surface area contributed by atoms with Crippen LogP contribution in [0.3, 0.4) is 0 Å². The number of carboxylic acids is 1. The van der Waals surface area contributed by atoms with E-state index in [-0.39, 0.29) is 47.8 Å². The number of urea groups is 2. The van der Waals surface area contributed by atoms with Gasteiger partial charge in [-0.15, -0.1) is 34.0 Å². The number of carbonyl (C=O) groups is 5. The summed E-state index contributed by atoms with van der Waals surface area (Å²) in [6.45, 7) is 4.54. The highest BCUT2D eigenvalue weighted by Crippen LogP contribution is 2.37. The zero-order chi connectivity index (χ0) is 64.8. The lowest BCUT2D eigenvalue weighted by molar-refractivity contribution is -0.138. The van der Waals surface area contributed by atoms with Crippen molar-refractivity contribution >= 4 is 135 Å². The van der Waals surface area contributed by atoms with Gasteiger partial charge in [-0.05, 0) is 110 Å². The molecule has 6 heterocycles. The largest absolute Gasteiger partial charge is 0.477 e. The normalized spacial score (nSPS) is 11.1. The molecule has 88 heavy (non-hydrogen) atoms. The molecular weight excluding hydrogens is 1250 g/mol. The number of nitrogen functional groups attached to an aromatic ring is 1. The first-order valence-corrected chi connectivity index (χ1v) is 26.7. The average Bonchev–Trinajstić information content (AvgIpc) is 2.34. The molecule has 0 aliphatic carbocycles. The minimum Gasteiger partial charge on any atom is -0.477 e. The Labute approximate surface area is 503 Å². The van der Waals surface area contributed by atoms with Gasteiger partial charge in [0.15, 0.2) is 16.7 Å². The van der Waals surface area contributed by atoms with Crippen LogP contribution in [0.1, 0.15) is 64.5 Å². The zero-order valence-corrected chi connectivity index (χ0v) is 49.0. The van der Waals surface area contributed by atoms with Crippen LogP contribution in [0.25, 0.3) is 30.8 Å². The first kappa shape index (κ1) is 69.1. The van der Waals surface area contributed by atoms with Crippen LogP contribution in [-0.2, 0) is 28.0 Å². The van der Waals surface area contributed by atoms with E-state index < -0.39 is 87.6 Å². The van der Waals surface area contributed by atoms with Gasteiger partial charge in [-0.3, -0.25) is 9.80 Å². The first-order valence-electron chi connectivity index (χ1n) is 24.2. The van der Waals surface area contributed by atoms with E-state index in [1.54, 1.807) is 20.0 Å². The fourth-order valence-electron chi connectivity index (χ4n) is 7.45. The predicted octanol–water partition coefficient (Wildman–Crippen LogP) is 13.1. The van der Waals surface area contributed by atoms with E-state index in [0.717, 1.165) is 91.7 Å². The Morgan fingerprint density at radius 2 is 0.852 bits per heavy atom. The molecule has 9 rings (SSSR count). The van der Waals surface area contributed by atoms with Crippen molar-refractivity contribution in [2.45, 2.75) is 39.3 Å². The summed E-state index contributed by atoms with van der Waals surface area (Å²) in [6.07, 6.45) is -13.4. The smallest absolute Gasteiger partial charge is 0.416 e. The van der Waals surface area contributed by atoms with Gasteiger partial charge in [0.2, 0.25) is 0 Å². The van der Waals surface area contributed by atoms with Gasteiger partial charge in [-0.2, -0.15) is 39.5 Å². The van der Waals surface area contributed by atoms with Gasteiger partial charge in [0.05, 0.1) is 50.0 Å². The number of halogens is 9. The summed E-state index contributed by atoms with van der Waals surface area (Å²) in [4.78, 5) is 96.1. The molecule has 463 valence electrons. The Morgan fingerprint density at radius 1 is 0.511 bits per heavy atom. The van der Waals surface area contributed by atoms with Crippen LogP contribution in [0.5, 0.6) is 0 Å². The number of aromatic carboxylic acids is 1. The quantitative estimate of drug-likeness (QED) is 0.0409.